The lowest BCUT2D eigenvalue weighted by atomic mass is 9.94. The molecule has 53 heavy (non-hydrogen) atoms. The van der Waals surface area contributed by atoms with E-state index >= 15 is 4.79 Å². The highest BCUT2D eigenvalue weighted by molar-refractivity contribution is 5.94. The number of alkyl carbamates (subject to hydrolysis) is 1. The van der Waals surface area contributed by atoms with Crippen LogP contribution in [0.2, 0.25) is 0 Å². The second-order valence-electron chi connectivity index (χ2n) is 15.9. The molecular weight excluding hydrogens is 666 g/mol. The summed E-state index contributed by atoms with van der Waals surface area (Å²) in [6.07, 6.45) is 4.26. The zero-order chi connectivity index (χ0) is 39.2. The normalized spacial score (nSPS) is 13.3. The van der Waals surface area contributed by atoms with Crippen molar-refractivity contribution < 1.29 is 28.7 Å². The number of nitrogens with one attached hydrogen (secondary N) is 2. The lowest BCUT2D eigenvalue weighted by Crippen LogP contribution is -2.55. The highest BCUT2D eigenvalue weighted by Gasteiger charge is 2.39. The minimum Gasteiger partial charge on any atom is -0.458 e. The van der Waals surface area contributed by atoms with E-state index in [0.717, 1.165) is 47.9 Å². The summed E-state index contributed by atoms with van der Waals surface area (Å²) in [5.41, 5.74) is 2.57. The largest absolute Gasteiger partial charge is 0.458 e. The molecule has 0 fully saturated rings. The molecule has 0 radical (unpaired) electrons. The Balaban J connectivity index is 2.15. The third-order valence-corrected chi connectivity index (χ3v) is 8.63. The van der Waals surface area contributed by atoms with Gasteiger partial charge in [0.2, 0.25) is 11.8 Å². The van der Waals surface area contributed by atoms with Crippen LogP contribution in [0.3, 0.4) is 0 Å². The number of rotatable bonds is 17. The van der Waals surface area contributed by atoms with Crippen LogP contribution >= 0.6 is 0 Å². The first-order valence-electron chi connectivity index (χ1n) is 19.0. The quantitative estimate of drug-likeness (QED) is 0.107. The van der Waals surface area contributed by atoms with E-state index in [4.69, 9.17) is 9.47 Å². The summed E-state index contributed by atoms with van der Waals surface area (Å²) in [6, 6.07) is 21.5. The molecule has 0 saturated carbocycles. The Morgan fingerprint density at radius 3 is 1.75 bits per heavy atom. The fourth-order valence-electron chi connectivity index (χ4n) is 6.20. The van der Waals surface area contributed by atoms with Crippen LogP contribution in [0.5, 0.6) is 0 Å². The Morgan fingerprint density at radius 1 is 0.679 bits per heavy atom. The van der Waals surface area contributed by atoms with Crippen molar-refractivity contribution in [1.82, 2.24) is 15.5 Å². The smallest absolute Gasteiger partial charge is 0.408 e. The van der Waals surface area contributed by atoms with Gasteiger partial charge in [0.1, 0.15) is 29.3 Å². The number of hydrogen-bond donors (Lipinski definition) is 2. The number of benzene rings is 3. The Morgan fingerprint density at radius 2 is 1.23 bits per heavy atom. The second-order valence-corrected chi connectivity index (χ2v) is 15.9. The molecule has 0 aliphatic heterocycles. The van der Waals surface area contributed by atoms with Crippen molar-refractivity contribution in [3.8, 4) is 0 Å². The Hall–Kier alpha value is -4.66. The molecule has 3 atom stereocenters. The molecule has 9 heteroatoms. The summed E-state index contributed by atoms with van der Waals surface area (Å²) in [5.74, 6) is -1.51. The van der Waals surface area contributed by atoms with E-state index in [2.05, 4.69) is 17.6 Å². The lowest BCUT2D eigenvalue weighted by molar-refractivity contribution is -0.159. The molecular formula is C44H61N3O6. The zero-order valence-electron chi connectivity index (χ0n) is 33.3. The summed E-state index contributed by atoms with van der Waals surface area (Å²) in [7, 11) is 0. The van der Waals surface area contributed by atoms with Gasteiger partial charge < -0.3 is 25.0 Å². The van der Waals surface area contributed by atoms with Crippen LogP contribution in [0.25, 0.3) is 0 Å². The molecule has 9 nitrogen and oxygen atoms in total. The first-order chi connectivity index (χ1) is 25.0. The Labute approximate surface area is 317 Å². The van der Waals surface area contributed by atoms with Crippen molar-refractivity contribution in [3.63, 3.8) is 0 Å². The monoisotopic (exact) mass is 727 g/mol. The topological polar surface area (TPSA) is 114 Å². The predicted molar refractivity (Wildman–Crippen MR) is 210 cm³/mol. The molecule has 3 aromatic carbocycles. The molecule has 3 unspecified atom stereocenters. The number of aryl methyl sites for hydroxylation is 2. The molecule has 0 spiro atoms. The Bertz CT molecular complexity index is 1630. The van der Waals surface area contributed by atoms with Crippen molar-refractivity contribution in [3.05, 3.63) is 107 Å². The van der Waals surface area contributed by atoms with Gasteiger partial charge >= 0.3 is 12.1 Å². The molecule has 0 bridgehead atoms. The van der Waals surface area contributed by atoms with Gasteiger partial charge in [-0.1, -0.05) is 117 Å². The molecule has 3 rings (SSSR count). The maximum Gasteiger partial charge on any atom is 0.408 e. The summed E-state index contributed by atoms with van der Waals surface area (Å²) in [5, 5.41) is 5.86. The maximum absolute atomic E-state index is 15.0. The van der Waals surface area contributed by atoms with Gasteiger partial charge in [-0.15, -0.1) is 0 Å². The molecule has 2 N–H and O–H groups in total. The minimum atomic E-state index is -1.12. The van der Waals surface area contributed by atoms with E-state index < -0.39 is 53.2 Å². The summed E-state index contributed by atoms with van der Waals surface area (Å²) in [4.78, 5) is 58.5. The van der Waals surface area contributed by atoms with Gasteiger partial charge in [0, 0.05) is 19.4 Å². The number of hydrogen-bond acceptors (Lipinski definition) is 6. The molecule has 0 aromatic heterocycles. The number of esters is 1. The maximum atomic E-state index is 15.0. The third kappa shape index (κ3) is 14.7. The number of nitrogens with zero attached hydrogens (tertiary/aromatic N) is 1. The Kier molecular flexibility index (Phi) is 16.1. The fourth-order valence-corrected chi connectivity index (χ4v) is 6.20. The van der Waals surface area contributed by atoms with Crippen molar-refractivity contribution in [2.45, 2.75) is 137 Å². The van der Waals surface area contributed by atoms with E-state index in [1.807, 2.05) is 92.7 Å². The summed E-state index contributed by atoms with van der Waals surface area (Å²) < 4.78 is 11.4. The number of ether oxygens (including phenoxy) is 2. The highest BCUT2D eigenvalue weighted by atomic mass is 16.6. The van der Waals surface area contributed by atoms with E-state index in [9.17, 15) is 14.4 Å². The molecule has 288 valence electrons. The zero-order valence-corrected chi connectivity index (χ0v) is 33.3. The van der Waals surface area contributed by atoms with Gasteiger partial charge in [-0.3, -0.25) is 9.59 Å². The number of amides is 3. The fraction of sp³-hybridized carbons (Fsp3) is 0.500. The van der Waals surface area contributed by atoms with Crippen LogP contribution in [0.15, 0.2) is 78.9 Å². The van der Waals surface area contributed by atoms with Crippen molar-refractivity contribution in [2.75, 3.05) is 6.54 Å². The van der Waals surface area contributed by atoms with Gasteiger partial charge in [0.25, 0.3) is 0 Å². The highest BCUT2D eigenvalue weighted by Crippen LogP contribution is 2.28. The van der Waals surface area contributed by atoms with E-state index in [-0.39, 0.29) is 19.4 Å². The van der Waals surface area contributed by atoms with Crippen molar-refractivity contribution >= 4 is 23.9 Å². The average Bonchev–Trinajstić information content (AvgIpc) is 3.06. The van der Waals surface area contributed by atoms with Crippen LogP contribution in [0.4, 0.5) is 4.79 Å². The molecule has 0 aliphatic carbocycles. The lowest BCUT2D eigenvalue weighted by Gasteiger charge is -2.36. The van der Waals surface area contributed by atoms with Gasteiger partial charge in [0.05, 0.1) is 0 Å². The molecule has 3 amide bonds. The van der Waals surface area contributed by atoms with Crippen LogP contribution < -0.4 is 10.6 Å². The SMILES string of the molecule is CCCCCCCN(C(=O)C(Cc1ccccc1)NC(=O)OC(C)(C)C)C(C(=O)NC(Cc1ccccc1)C(=O)OC(C)(C)C)c1ccc(C)cc1C. The molecule has 0 saturated heterocycles. The average molecular weight is 728 g/mol. The number of carbonyl (C=O) groups excluding carboxylic acids is 4. The van der Waals surface area contributed by atoms with Gasteiger partial charge in [-0.2, -0.15) is 0 Å². The summed E-state index contributed by atoms with van der Waals surface area (Å²) in [6.45, 7) is 16.9. The second kappa shape index (κ2) is 20.0. The number of carbonyl (C=O) groups is 4. The first kappa shape index (κ1) is 42.8. The minimum absolute atomic E-state index is 0.182. The van der Waals surface area contributed by atoms with Crippen LogP contribution in [-0.2, 0) is 36.7 Å². The first-order valence-corrected chi connectivity index (χ1v) is 19.0. The van der Waals surface area contributed by atoms with Crippen molar-refractivity contribution in [1.29, 1.82) is 0 Å². The van der Waals surface area contributed by atoms with Crippen LogP contribution in [0.1, 0.15) is 114 Å². The van der Waals surface area contributed by atoms with Crippen LogP contribution in [0, 0.1) is 13.8 Å². The van der Waals surface area contributed by atoms with Crippen molar-refractivity contribution in [2.24, 2.45) is 0 Å². The predicted octanol–water partition coefficient (Wildman–Crippen LogP) is 8.35. The van der Waals surface area contributed by atoms with E-state index in [1.54, 1.807) is 46.4 Å². The molecule has 0 aliphatic rings. The third-order valence-electron chi connectivity index (χ3n) is 8.63. The van der Waals surface area contributed by atoms with E-state index in [0.29, 0.717) is 12.0 Å². The summed E-state index contributed by atoms with van der Waals surface area (Å²) >= 11 is 0. The van der Waals surface area contributed by atoms with Gasteiger partial charge in [-0.05, 0) is 84.1 Å². The molecule has 0 heterocycles. The van der Waals surface area contributed by atoms with Crippen LogP contribution in [-0.4, -0.2) is 58.6 Å². The molecule has 3 aromatic rings. The number of unbranched alkanes of at least 4 members (excludes halogenated alkanes) is 4. The standard InChI is InChI=1S/C44H61N3O6/c1-10-11-12-13-20-27-47(40(49)36(29-33-21-16-14-17-22-33)46-42(51)53-44(7,8)9)38(35-26-25-31(2)28-32(35)3)39(48)45-37(41(50)52-43(4,5)6)30-34-23-18-15-19-24-34/h14-19,21-26,28,36-38H,10-13,20,27,29-30H2,1-9H3,(H,45,48)(H,46,51). The van der Waals surface area contributed by atoms with E-state index in [1.165, 1.54) is 0 Å². The van der Waals surface area contributed by atoms with Gasteiger partial charge in [0.15, 0.2) is 0 Å². The van der Waals surface area contributed by atoms with Gasteiger partial charge in [-0.25, -0.2) is 9.59 Å².